The van der Waals surface area contributed by atoms with Crippen molar-refractivity contribution in [2.24, 2.45) is 0 Å². The van der Waals surface area contributed by atoms with Gasteiger partial charge in [-0.2, -0.15) is 4.98 Å². The van der Waals surface area contributed by atoms with Crippen LogP contribution in [0.3, 0.4) is 0 Å². The Labute approximate surface area is 221 Å². The molecule has 0 atom stereocenters. The molecule has 3 aliphatic rings. The summed E-state index contributed by atoms with van der Waals surface area (Å²) in [6, 6.07) is 15.3. The third-order valence-electron chi connectivity index (χ3n) is 6.45. The number of carbonyl (C=O) groups is 1. The van der Waals surface area contributed by atoms with E-state index in [2.05, 4.69) is 56.2 Å². The number of aliphatic hydroxyl groups excluding tert-OH is 1. The summed E-state index contributed by atoms with van der Waals surface area (Å²) < 4.78 is 6.20. The summed E-state index contributed by atoms with van der Waals surface area (Å²) in [6.45, 7) is 7.58. The Morgan fingerprint density at radius 3 is 2.68 bits per heavy atom. The highest BCUT2D eigenvalue weighted by atomic mass is 16.5. The van der Waals surface area contributed by atoms with E-state index in [4.69, 9.17) is 9.72 Å². The summed E-state index contributed by atoms with van der Waals surface area (Å²) in [7, 11) is 2.15. The number of amides is 1. The molecule has 2 aromatic carbocycles. The van der Waals surface area contributed by atoms with Crippen molar-refractivity contribution in [3.63, 3.8) is 0 Å². The quantitative estimate of drug-likeness (QED) is 0.249. The molecule has 10 nitrogen and oxygen atoms in total. The first-order chi connectivity index (χ1) is 18.5. The maximum absolute atomic E-state index is 11.7. The first kappa shape index (κ1) is 25.2. The SMILES string of the molecule is C=CC(=O)Nc1cccc(Oc2nc(Nc3ccc(N4CCN(C)CC4)cc3)[nH]c3ncc(CCO)c2-3)c1. The molecule has 0 aliphatic carbocycles. The fourth-order valence-corrected chi connectivity index (χ4v) is 4.40. The van der Waals surface area contributed by atoms with Gasteiger partial charge in [0.25, 0.3) is 0 Å². The van der Waals surface area contributed by atoms with Crippen molar-refractivity contribution in [3.05, 3.63) is 72.9 Å². The summed E-state index contributed by atoms with van der Waals surface area (Å²) in [5.74, 6) is 1.57. The Bertz CT molecular complexity index is 1380. The van der Waals surface area contributed by atoms with Gasteiger partial charge in [-0.1, -0.05) is 12.6 Å². The number of H-pyrrole nitrogens is 1. The predicted octanol–water partition coefficient (Wildman–Crippen LogP) is 3.86. The highest BCUT2D eigenvalue weighted by molar-refractivity contribution is 5.98. The molecule has 0 saturated carbocycles. The third-order valence-corrected chi connectivity index (χ3v) is 6.45. The average Bonchev–Trinajstić information content (AvgIpc) is 3.33. The lowest BCUT2D eigenvalue weighted by atomic mass is 10.1. The molecular formula is C28H31N7O3. The molecule has 0 aromatic heterocycles. The van der Waals surface area contributed by atoms with Crippen LogP contribution in [-0.4, -0.2) is 70.7 Å². The Morgan fingerprint density at radius 2 is 1.95 bits per heavy atom. The van der Waals surface area contributed by atoms with Crippen LogP contribution in [0.25, 0.3) is 11.4 Å². The molecule has 2 aromatic rings. The van der Waals surface area contributed by atoms with Gasteiger partial charge in [-0.05, 0) is 61.5 Å². The Kier molecular flexibility index (Phi) is 7.52. The molecule has 1 saturated heterocycles. The number of hydrogen-bond donors (Lipinski definition) is 4. The molecule has 38 heavy (non-hydrogen) atoms. The minimum Gasteiger partial charge on any atom is -0.438 e. The van der Waals surface area contributed by atoms with Crippen molar-refractivity contribution in [3.8, 4) is 23.0 Å². The van der Waals surface area contributed by atoms with Gasteiger partial charge in [0.05, 0.1) is 5.56 Å². The Hall–Kier alpha value is -4.41. The van der Waals surface area contributed by atoms with Crippen LogP contribution in [0.15, 0.2) is 67.4 Å². The fourth-order valence-electron chi connectivity index (χ4n) is 4.40. The zero-order valence-corrected chi connectivity index (χ0v) is 21.3. The van der Waals surface area contributed by atoms with E-state index in [-0.39, 0.29) is 12.5 Å². The summed E-state index contributed by atoms with van der Waals surface area (Å²) in [5, 5.41) is 15.6. The minimum atomic E-state index is -0.312. The van der Waals surface area contributed by atoms with Gasteiger partial charge in [-0.3, -0.25) is 4.79 Å². The molecule has 0 bridgehead atoms. The Morgan fingerprint density at radius 1 is 1.16 bits per heavy atom. The first-order valence-electron chi connectivity index (χ1n) is 12.5. The van der Waals surface area contributed by atoms with Crippen molar-refractivity contribution in [2.75, 3.05) is 55.4 Å². The van der Waals surface area contributed by atoms with Crippen molar-refractivity contribution in [1.82, 2.24) is 19.9 Å². The topological polar surface area (TPSA) is 119 Å². The van der Waals surface area contributed by atoms with Gasteiger partial charge in [0.1, 0.15) is 11.6 Å². The number of benzene rings is 2. The van der Waals surface area contributed by atoms with E-state index in [0.29, 0.717) is 41.1 Å². The van der Waals surface area contributed by atoms with E-state index in [0.717, 1.165) is 37.4 Å². The highest BCUT2D eigenvalue weighted by Crippen LogP contribution is 2.37. The van der Waals surface area contributed by atoms with Crippen LogP contribution in [-0.2, 0) is 11.2 Å². The number of aliphatic hydroxyl groups is 1. The number of anilines is 4. The summed E-state index contributed by atoms with van der Waals surface area (Å²) in [6.07, 6.45) is 3.33. The van der Waals surface area contributed by atoms with Gasteiger partial charge < -0.3 is 35.3 Å². The number of carbonyl (C=O) groups excluding carboxylic acids is 1. The molecule has 0 unspecified atom stereocenters. The number of nitrogens with one attached hydrogen (secondary N) is 3. The van der Waals surface area contributed by atoms with Gasteiger partial charge in [0, 0.05) is 62.1 Å². The summed E-state index contributed by atoms with van der Waals surface area (Å²) >= 11 is 0. The van der Waals surface area contributed by atoms with Gasteiger partial charge >= 0.3 is 0 Å². The first-order valence-corrected chi connectivity index (χ1v) is 12.5. The van der Waals surface area contributed by atoms with Gasteiger partial charge in [0.15, 0.2) is 0 Å². The van der Waals surface area contributed by atoms with Gasteiger partial charge in [0.2, 0.25) is 17.7 Å². The summed E-state index contributed by atoms with van der Waals surface area (Å²) in [4.78, 5) is 28.9. The van der Waals surface area contributed by atoms with Crippen LogP contribution in [0.1, 0.15) is 5.56 Å². The number of rotatable bonds is 9. The van der Waals surface area contributed by atoms with Gasteiger partial charge in [-0.25, -0.2) is 4.98 Å². The lowest BCUT2D eigenvalue weighted by Gasteiger charge is -2.34. The van der Waals surface area contributed by atoms with Crippen LogP contribution in [0.5, 0.6) is 11.6 Å². The molecule has 0 spiro atoms. The smallest absolute Gasteiger partial charge is 0.247 e. The molecule has 5 rings (SSSR count). The van der Waals surface area contributed by atoms with E-state index in [9.17, 15) is 9.90 Å². The van der Waals surface area contributed by atoms with E-state index >= 15 is 0 Å². The average molecular weight is 514 g/mol. The zero-order valence-electron chi connectivity index (χ0n) is 21.3. The molecule has 1 amide bonds. The lowest BCUT2D eigenvalue weighted by molar-refractivity contribution is -0.111. The molecule has 4 N–H and O–H groups in total. The third kappa shape index (κ3) is 5.77. The summed E-state index contributed by atoms with van der Waals surface area (Å²) in [5.41, 5.74) is 4.14. The van der Waals surface area contributed by atoms with Crippen LogP contribution < -0.4 is 20.3 Å². The molecule has 10 heteroatoms. The zero-order chi connectivity index (χ0) is 26.5. The van der Waals surface area contributed by atoms with E-state index in [1.807, 2.05) is 12.1 Å². The molecule has 196 valence electrons. The van der Waals surface area contributed by atoms with Crippen molar-refractivity contribution >= 4 is 28.9 Å². The number of aromatic nitrogens is 3. The van der Waals surface area contributed by atoms with Crippen LogP contribution in [0.2, 0.25) is 0 Å². The maximum atomic E-state index is 11.7. The van der Waals surface area contributed by atoms with Crippen LogP contribution in [0.4, 0.5) is 23.0 Å². The number of fused-ring (bicyclic) bond motifs is 1. The second-order valence-electron chi connectivity index (χ2n) is 9.16. The number of likely N-dealkylation sites (N-methyl/N-ethyl adjacent to an activating group) is 1. The lowest BCUT2D eigenvalue weighted by Crippen LogP contribution is -2.44. The molecular weight excluding hydrogens is 482 g/mol. The second kappa shape index (κ2) is 11.3. The monoisotopic (exact) mass is 513 g/mol. The number of ether oxygens (including phenoxy) is 1. The maximum Gasteiger partial charge on any atom is 0.247 e. The standard InChI is InChI=1S/C28H31N7O3/c1-3-24(37)30-21-5-4-6-23(17-21)38-27-25-19(11-16-36)18-29-26(25)32-28(33-27)31-20-7-9-22(10-8-20)35-14-12-34(2)13-15-35/h3-10,17-18,36H,1,11-16H2,2H3,(H,30,37)(H2,29,31,32,33). The van der Waals surface area contributed by atoms with Gasteiger partial charge in [-0.15, -0.1) is 0 Å². The number of hydrogen-bond acceptors (Lipinski definition) is 8. The van der Waals surface area contributed by atoms with Crippen molar-refractivity contribution in [1.29, 1.82) is 0 Å². The van der Waals surface area contributed by atoms with E-state index in [1.54, 1.807) is 30.5 Å². The molecule has 3 heterocycles. The molecule has 0 radical (unpaired) electrons. The van der Waals surface area contributed by atoms with Crippen LogP contribution >= 0.6 is 0 Å². The van der Waals surface area contributed by atoms with Crippen molar-refractivity contribution < 1.29 is 14.6 Å². The molecule has 3 aliphatic heterocycles. The van der Waals surface area contributed by atoms with Crippen LogP contribution in [0, 0.1) is 0 Å². The fraction of sp³-hybridized carbons (Fsp3) is 0.250. The highest BCUT2D eigenvalue weighted by Gasteiger charge is 2.22. The molecule has 1 fully saturated rings. The number of piperazine rings is 1. The number of nitrogens with zero attached hydrogens (tertiary/aromatic N) is 4. The second-order valence-corrected chi connectivity index (χ2v) is 9.16. The van der Waals surface area contributed by atoms with Crippen molar-refractivity contribution in [2.45, 2.75) is 6.42 Å². The van der Waals surface area contributed by atoms with E-state index < -0.39 is 0 Å². The largest absolute Gasteiger partial charge is 0.438 e. The number of aromatic amines is 1. The van der Waals surface area contributed by atoms with E-state index in [1.165, 1.54) is 11.8 Å². The normalized spacial score (nSPS) is 13.9. The Balaban J connectivity index is 1.40. The minimum absolute atomic E-state index is 0.0248. The predicted molar refractivity (Wildman–Crippen MR) is 149 cm³/mol.